The van der Waals surface area contributed by atoms with E-state index in [0.717, 1.165) is 0 Å². The Labute approximate surface area is 97.0 Å². The lowest BCUT2D eigenvalue weighted by atomic mass is 10.1. The van der Waals surface area contributed by atoms with Crippen LogP contribution >= 0.6 is 0 Å². The molecule has 0 bridgehead atoms. The largest absolute Gasteiger partial charge is 0.491 e. The van der Waals surface area contributed by atoms with E-state index in [1.54, 1.807) is 0 Å². The second-order valence-corrected chi connectivity index (χ2v) is 3.77. The number of ether oxygens (including phenoxy) is 1. The number of carbonyl (C=O) groups is 1. The normalized spacial score (nSPS) is 13.8. The Balaban J connectivity index is 2.73. The molecule has 3 N–H and O–H groups in total. The van der Waals surface area contributed by atoms with Crippen LogP contribution in [0.15, 0.2) is 24.3 Å². The third-order valence-electron chi connectivity index (χ3n) is 2.06. The van der Waals surface area contributed by atoms with Gasteiger partial charge in [-0.25, -0.2) is 0 Å². The first kappa shape index (κ1) is 12.9. The molecule has 0 fully saturated rings. The fourth-order valence-electron chi connectivity index (χ4n) is 0.982. The summed E-state index contributed by atoms with van der Waals surface area (Å²) >= 11 is 0. The average molecular weight is 240 g/mol. The number of nitrogens with two attached hydrogens (primary N) is 1. The van der Waals surface area contributed by atoms with E-state index in [4.69, 9.17) is 15.6 Å². The first-order valence-electron chi connectivity index (χ1n) is 4.72. The van der Waals surface area contributed by atoms with Gasteiger partial charge in [0.05, 0.1) is 11.0 Å². The van der Waals surface area contributed by atoms with Crippen molar-refractivity contribution in [3.05, 3.63) is 34.4 Å². The number of hydrogen-bond donors (Lipinski definition) is 2. The summed E-state index contributed by atoms with van der Waals surface area (Å²) in [5.41, 5.74) is 3.78. The zero-order chi connectivity index (χ0) is 13.1. The number of carboxylic acids is 1. The van der Waals surface area contributed by atoms with Crippen LogP contribution in [0.25, 0.3) is 0 Å². The van der Waals surface area contributed by atoms with Crippen molar-refractivity contribution in [2.75, 3.05) is 6.61 Å². The molecular weight excluding hydrogens is 228 g/mol. The van der Waals surface area contributed by atoms with Gasteiger partial charge in [0.2, 0.25) is 0 Å². The molecule has 0 spiro atoms. The van der Waals surface area contributed by atoms with E-state index >= 15 is 0 Å². The van der Waals surface area contributed by atoms with Crippen LogP contribution < -0.4 is 10.5 Å². The van der Waals surface area contributed by atoms with Crippen molar-refractivity contribution in [2.24, 2.45) is 5.73 Å². The summed E-state index contributed by atoms with van der Waals surface area (Å²) in [6.07, 6.45) is 0. The molecule has 1 rings (SSSR count). The number of rotatable bonds is 5. The van der Waals surface area contributed by atoms with E-state index in [9.17, 15) is 14.9 Å². The topological polar surface area (TPSA) is 116 Å². The number of nitrogens with zero attached hydrogens (tertiary/aromatic N) is 1. The predicted octanol–water partition coefficient (Wildman–Crippen LogP) is 0.776. The Bertz CT molecular complexity index is 444. The number of benzene rings is 1. The zero-order valence-corrected chi connectivity index (χ0v) is 9.12. The van der Waals surface area contributed by atoms with Crippen LogP contribution in [0.4, 0.5) is 5.69 Å². The monoisotopic (exact) mass is 240 g/mol. The van der Waals surface area contributed by atoms with E-state index < -0.39 is 16.4 Å². The quantitative estimate of drug-likeness (QED) is 0.580. The number of nitro benzene ring substituents is 1. The molecule has 0 saturated heterocycles. The van der Waals surface area contributed by atoms with Gasteiger partial charge >= 0.3 is 5.97 Å². The van der Waals surface area contributed by atoms with Gasteiger partial charge in [0.15, 0.2) is 0 Å². The summed E-state index contributed by atoms with van der Waals surface area (Å²) in [5.74, 6) is -1.000. The third-order valence-corrected chi connectivity index (χ3v) is 2.06. The molecular formula is C10H12N2O5. The van der Waals surface area contributed by atoms with Crippen LogP contribution in [0.5, 0.6) is 5.75 Å². The van der Waals surface area contributed by atoms with E-state index in [2.05, 4.69) is 0 Å². The Morgan fingerprint density at radius 2 is 2.29 bits per heavy atom. The van der Waals surface area contributed by atoms with Gasteiger partial charge in [0.25, 0.3) is 5.69 Å². The summed E-state index contributed by atoms with van der Waals surface area (Å²) in [4.78, 5) is 20.6. The van der Waals surface area contributed by atoms with E-state index in [0.29, 0.717) is 0 Å². The zero-order valence-electron chi connectivity index (χ0n) is 9.12. The van der Waals surface area contributed by atoms with Crippen molar-refractivity contribution < 1.29 is 19.6 Å². The molecule has 7 nitrogen and oxygen atoms in total. The second kappa shape index (κ2) is 4.79. The highest BCUT2D eigenvalue weighted by Crippen LogP contribution is 2.19. The maximum atomic E-state index is 10.7. The SMILES string of the molecule is CC(N)(COc1cccc([N+](=O)[O-])c1)C(=O)O. The number of carboxylic acid groups (broad SMARTS) is 1. The van der Waals surface area contributed by atoms with Gasteiger partial charge in [-0.05, 0) is 13.0 Å². The molecule has 92 valence electrons. The van der Waals surface area contributed by atoms with Gasteiger partial charge in [-0.15, -0.1) is 0 Å². The van der Waals surface area contributed by atoms with Crippen molar-refractivity contribution in [3.63, 3.8) is 0 Å². The van der Waals surface area contributed by atoms with E-state index in [1.807, 2.05) is 0 Å². The number of nitro groups is 1. The molecule has 1 aromatic rings. The third kappa shape index (κ3) is 3.42. The molecule has 1 unspecified atom stereocenters. The highest BCUT2D eigenvalue weighted by atomic mass is 16.6. The van der Waals surface area contributed by atoms with E-state index in [-0.39, 0.29) is 18.0 Å². The maximum Gasteiger partial charge on any atom is 0.326 e. The molecule has 0 amide bonds. The lowest BCUT2D eigenvalue weighted by Crippen LogP contribution is -2.49. The smallest absolute Gasteiger partial charge is 0.326 e. The molecule has 0 aliphatic rings. The standard InChI is InChI=1S/C10H12N2O5/c1-10(11,9(13)14)6-17-8-4-2-3-7(5-8)12(15)16/h2-5H,6,11H2,1H3,(H,13,14). The van der Waals surface area contributed by atoms with Crippen molar-refractivity contribution >= 4 is 11.7 Å². The van der Waals surface area contributed by atoms with Crippen LogP contribution in [0.3, 0.4) is 0 Å². The number of hydrogen-bond acceptors (Lipinski definition) is 5. The lowest BCUT2D eigenvalue weighted by molar-refractivity contribution is -0.384. The Hall–Kier alpha value is -2.15. The number of non-ortho nitro benzene ring substituents is 1. The van der Waals surface area contributed by atoms with Gasteiger partial charge in [-0.3, -0.25) is 14.9 Å². The molecule has 0 aliphatic carbocycles. The van der Waals surface area contributed by atoms with Gasteiger partial charge < -0.3 is 15.6 Å². The highest BCUT2D eigenvalue weighted by molar-refractivity contribution is 5.78. The van der Waals surface area contributed by atoms with Crippen molar-refractivity contribution in [1.82, 2.24) is 0 Å². The summed E-state index contributed by atoms with van der Waals surface area (Å²) < 4.78 is 5.11. The minimum absolute atomic E-state index is 0.128. The molecule has 0 aliphatic heterocycles. The van der Waals surface area contributed by atoms with Gasteiger partial charge in [-0.2, -0.15) is 0 Å². The predicted molar refractivity (Wildman–Crippen MR) is 58.8 cm³/mol. The fraction of sp³-hybridized carbons (Fsp3) is 0.300. The summed E-state index contributed by atoms with van der Waals surface area (Å²) in [5, 5.41) is 19.2. The molecule has 17 heavy (non-hydrogen) atoms. The van der Waals surface area contributed by atoms with Crippen LogP contribution in [-0.2, 0) is 4.79 Å². The second-order valence-electron chi connectivity index (χ2n) is 3.77. The number of aliphatic carboxylic acids is 1. The first-order valence-corrected chi connectivity index (χ1v) is 4.72. The first-order chi connectivity index (χ1) is 7.83. The molecule has 1 aromatic carbocycles. The molecule has 0 heterocycles. The summed E-state index contributed by atoms with van der Waals surface area (Å²) in [6, 6.07) is 5.46. The Morgan fingerprint density at radius 1 is 1.65 bits per heavy atom. The Morgan fingerprint density at radius 3 is 2.82 bits per heavy atom. The molecule has 0 radical (unpaired) electrons. The van der Waals surface area contributed by atoms with Crippen LogP contribution in [-0.4, -0.2) is 28.1 Å². The van der Waals surface area contributed by atoms with Gasteiger partial charge in [0.1, 0.15) is 17.9 Å². The summed E-state index contributed by atoms with van der Waals surface area (Å²) in [7, 11) is 0. The molecule has 1 atom stereocenters. The van der Waals surface area contributed by atoms with Gasteiger partial charge in [0, 0.05) is 6.07 Å². The van der Waals surface area contributed by atoms with Crippen molar-refractivity contribution in [1.29, 1.82) is 0 Å². The van der Waals surface area contributed by atoms with Crippen molar-refractivity contribution in [3.8, 4) is 5.75 Å². The molecule has 7 heteroatoms. The average Bonchev–Trinajstić information content (AvgIpc) is 2.26. The Kier molecular flexibility index (Phi) is 3.64. The minimum Gasteiger partial charge on any atom is -0.491 e. The lowest BCUT2D eigenvalue weighted by Gasteiger charge is -2.19. The summed E-state index contributed by atoms with van der Waals surface area (Å²) in [6.45, 7) is 1.02. The van der Waals surface area contributed by atoms with Crippen LogP contribution in [0.2, 0.25) is 0 Å². The highest BCUT2D eigenvalue weighted by Gasteiger charge is 2.29. The fourth-order valence-corrected chi connectivity index (χ4v) is 0.982. The van der Waals surface area contributed by atoms with Gasteiger partial charge in [-0.1, -0.05) is 6.07 Å². The molecule has 0 aromatic heterocycles. The van der Waals surface area contributed by atoms with Crippen LogP contribution in [0.1, 0.15) is 6.92 Å². The molecule has 0 saturated carbocycles. The van der Waals surface area contributed by atoms with Crippen LogP contribution in [0, 0.1) is 10.1 Å². The van der Waals surface area contributed by atoms with E-state index in [1.165, 1.54) is 31.2 Å². The van der Waals surface area contributed by atoms with Crippen molar-refractivity contribution in [2.45, 2.75) is 12.5 Å². The maximum absolute atomic E-state index is 10.7. The minimum atomic E-state index is -1.54.